The second kappa shape index (κ2) is 7.49. The van der Waals surface area contributed by atoms with Crippen LogP contribution in [0, 0.1) is 5.92 Å². The first-order chi connectivity index (χ1) is 7.35. The van der Waals surface area contributed by atoms with Gasteiger partial charge in [-0.3, -0.25) is 0 Å². The van der Waals surface area contributed by atoms with Crippen molar-refractivity contribution in [3.63, 3.8) is 0 Å². The molecule has 0 aliphatic carbocycles. The molecule has 94 valence electrons. The predicted molar refractivity (Wildman–Crippen MR) is 59.2 cm³/mol. The van der Waals surface area contributed by atoms with Crippen molar-refractivity contribution in [1.82, 2.24) is 0 Å². The van der Waals surface area contributed by atoms with E-state index in [1.807, 2.05) is 12.2 Å². The number of halogens is 3. The van der Waals surface area contributed by atoms with Gasteiger partial charge in [0.05, 0.1) is 6.61 Å². The molecule has 0 saturated carbocycles. The normalized spacial score (nSPS) is 14.9. The molecule has 0 rings (SSSR count). The van der Waals surface area contributed by atoms with Crippen LogP contribution in [0.15, 0.2) is 24.3 Å². The summed E-state index contributed by atoms with van der Waals surface area (Å²) in [5.74, 6) is 0.431. The Balaban J connectivity index is 3.67. The van der Waals surface area contributed by atoms with Gasteiger partial charge >= 0.3 is 6.18 Å². The summed E-state index contributed by atoms with van der Waals surface area (Å²) in [5.41, 5.74) is 0.834. The minimum atomic E-state index is -4.24. The molecule has 0 aromatic carbocycles. The molecule has 4 heteroatoms. The van der Waals surface area contributed by atoms with Gasteiger partial charge < -0.3 is 4.74 Å². The molecular weight excluding hydrogens is 217 g/mol. The molecule has 0 radical (unpaired) electrons. The second-order valence-electron chi connectivity index (χ2n) is 3.95. The van der Waals surface area contributed by atoms with Crippen molar-refractivity contribution < 1.29 is 17.9 Å². The Hall–Kier alpha value is -0.770. The smallest absolute Gasteiger partial charge is 0.368 e. The van der Waals surface area contributed by atoms with Crippen LogP contribution >= 0.6 is 0 Å². The van der Waals surface area contributed by atoms with E-state index in [0.717, 1.165) is 18.4 Å². The van der Waals surface area contributed by atoms with E-state index in [4.69, 9.17) is 0 Å². The molecule has 0 spiro atoms. The molecule has 1 nitrogen and oxygen atoms in total. The predicted octanol–water partition coefficient (Wildman–Crippen LogP) is 4.11. The van der Waals surface area contributed by atoms with E-state index < -0.39 is 12.8 Å². The largest absolute Gasteiger partial charge is 0.411 e. The molecular formula is C12H19F3O. The first-order valence-corrected chi connectivity index (χ1v) is 5.28. The van der Waals surface area contributed by atoms with Crippen LogP contribution in [0.1, 0.15) is 26.7 Å². The summed E-state index contributed by atoms with van der Waals surface area (Å²) in [6.07, 6.45) is 1.34. The number of hydrogen-bond acceptors (Lipinski definition) is 1. The summed E-state index contributed by atoms with van der Waals surface area (Å²) in [7, 11) is 0. The topological polar surface area (TPSA) is 9.23 Å². The van der Waals surface area contributed by atoms with Crippen molar-refractivity contribution in [3.05, 3.63) is 24.3 Å². The number of rotatable bonds is 7. The summed E-state index contributed by atoms with van der Waals surface area (Å²) in [6.45, 7) is 6.35. The van der Waals surface area contributed by atoms with Crippen molar-refractivity contribution >= 4 is 0 Å². The van der Waals surface area contributed by atoms with E-state index in [2.05, 4.69) is 18.2 Å². The minimum Gasteiger partial charge on any atom is -0.368 e. The molecule has 0 heterocycles. The molecule has 16 heavy (non-hydrogen) atoms. The highest BCUT2D eigenvalue weighted by Gasteiger charge is 2.27. The highest BCUT2D eigenvalue weighted by molar-refractivity contribution is 4.98. The number of ether oxygens (including phenoxy) is 1. The zero-order chi connectivity index (χ0) is 12.6. The summed E-state index contributed by atoms with van der Waals surface area (Å²) in [4.78, 5) is 0. The van der Waals surface area contributed by atoms with Crippen LogP contribution < -0.4 is 0 Å². The van der Waals surface area contributed by atoms with Crippen molar-refractivity contribution in [2.24, 2.45) is 5.92 Å². The quantitative estimate of drug-likeness (QED) is 0.604. The fourth-order valence-corrected chi connectivity index (χ4v) is 1.10. The van der Waals surface area contributed by atoms with Gasteiger partial charge in [0.1, 0.15) is 6.61 Å². The Morgan fingerprint density at radius 1 is 1.44 bits per heavy atom. The zero-order valence-corrected chi connectivity index (χ0v) is 9.81. The van der Waals surface area contributed by atoms with Crippen LogP contribution in [0.3, 0.4) is 0 Å². The summed E-state index contributed by atoms with van der Waals surface area (Å²) < 4.78 is 39.8. The lowest BCUT2D eigenvalue weighted by atomic mass is 10.1. The van der Waals surface area contributed by atoms with Gasteiger partial charge in [0.2, 0.25) is 0 Å². The monoisotopic (exact) mass is 236 g/mol. The van der Waals surface area contributed by atoms with Crippen LogP contribution in [0.4, 0.5) is 13.2 Å². The molecule has 0 aliphatic rings. The van der Waals surface area contributed by atoms with Crippen LogP contribution in [-0.4, -0.2) is 19.4 Å². The molecule has 0 bridgehead atoms. The first-order valence-electron chi connectivity index (χ1n) is 5.28. The summed E-state index contributed by atoms with van der Waals surface area (Å²) in [5, 5.41) is 0. The van der Waals surface area contributed by atoms with Gasteiger partial charge in [0, 0.05) is 0 Å². The number of hydrogen-bond donors (Lipinski definition) is 0. The van der Waals surface area contributed by atoms with Gasteiger partial charge in [0.25, 0.3) is 0 Å². The lowest BCUT2D eigenvalue weighted by Crippen LogP contribution is -2.17. The van der Waals surface area contributed by atoms with Gasteiger partial charge in [-0.05, 0) is 25.7 Å². The molecule has 0 aromatic rings. The van der Waals surface area contributed by atoms with Gasteiger partial charge in [-0.25, -0.2) is 0 Å². The average molecular weight is 236 g/mol. The Morgan fingerprint density at radius 3 is 2.56 bits per heavy atom. The second-order valence-corrected chi connectivity index (χ2v) is 3.95. The zero-order valence-electron chi connectivity index (χ0n) is 9.81. The molecule has 0 aromatic heterocycles. The van der Waals surface area contributed by atoms with Crippen molar-refractivity contribution in [2.45, 2.75) is 32.9 Å². The maximum atomic E-state index is 11.8. The molecule has 1 atom stereocenters. The summed E-state index contributed by atoms with van der Waals surface area (Å²) in [6, 6.07) is 0. The van der Waals surface area contributed by atoms with Crippen LogP contribution in [0.25, 0.3) is 0 Å². The molecule has 0 amide bonds. The van der Waals surface area contributed by atoms with E-state index in [-0.39, 0.29) is 6.61 Å². The van der Waals surface area contributed by atoms with E-state index in [1.54, 1.807) is 6.92 Å². The number of allylic oxidation sites excluding steroid dienone is 2. The highest BCUT2D eigenvalue weighted by atomic mass is 19.4. The van der Waals surface area contributed by atoms with Gasteiger partial charge in [-0.2, -0.15) is 13.2 Å². The molecule has 1 unspecified atom stereocenters. The fourth-order valence-electron chi connectivity index (χ4n) is 1.10. The standard InChI is InChI=1S/C12H19F3O/c1-4-10(2)6-5-7-11(3)8-16-9-12(13,14)15/h4,7,10H,1,5-6,8-9H2,2-3H3. The molecule has 0 saturated heterocycles. The van der Waals surface area contributed by atoms with E-state index >= 15 is 0 Å². The van der Waals surface area contributed by atoms with Crippen molar-refractivity contribution in [3.8, 4) is 0 Å². The van der Waals surface area contributed by atoms with Gasteiger partial charge in [-0.1, -0.05) is 24.6 Å². The van der Waals surface area contributed by atoms with Crippen LogP contribution in [0.2, 0.25) is 0 Å². The third-order valence-electron chi connectivity index (χ3n) is 2.11. The molecule has 0 N–H and O–H groups in total. The summed E-state index contributed by atoms with van der Waals surface area (Å²) >= 11 is 0. The Morgan fingerprint density at radius 2 is 2.06 bits per heavy atom. The lowest BCUT2D eigenvalue weighted by Gasteiger charge is -2.08. The van der Waals surface area contributed by atoms with Crippen molar-refractivity contribution in [2.75, 3.05) is 13.2 Å². The third kappa shape index (κ3) is 9.77. The Bertz CT molecular complexity index is 231. The van der Waals surface area contributed by atoms with Gasteiger partial charge in [0.15, 0.2) is 0 Å². The van der Waals surface area contributed by atoms with Gasteiger partial charge in [-0.15, -0.1) is 6.58 Å². The van der Waals surface area contributed by atoms with E-state index in [0.29, 0.717) is 5.92 Å². The lowest BCUT2D eigenvalue weighted by molar-refractivity contribution is -0.171. The Kier molecular flexibility index (Phi) is 7.13. The van der Waals surface area contributed by atoms with Crippen molar-refractivity contribution in [1.29, 1.82) is 0 Å². The molecule has 0 fully saturated rings. The fraction of sp³-hybridized carbons (Fsp3) is 0.667. The van der Waals surface area contributed by atoms with Crippen LogP contribution in [-0.2, 0) is 4.74 Å². The van der Waals surface area contributed by atoms with E-state index in [1.165, 1.54) is 0 Å². The minimum absolute atomic E-state index is 0.0436. The molecule has 0 aliphatic heterocycles. The average Bonchev–Trinajstić information content (AvgIpc) is 2.15. The first kappa shape index (κ1) is 15.2. The van der Waals surface area contributed by atoms with E-state index in [9.17, 15) is 13.2 Å². The maximum absolute atomic E-state index is 11.8. The highest BCUT2D eigenvalue weighted by Crippen LogP contribution is 2.15. The Labute approximate surface area is 95.0 Å². The number of alkyl halides is 3. The third-order valence-corrected chi connectivity index (χ3v) is 2.11. The maximum Gasteiger partial charge on any atom is 0.411 e. The SMILES string of the molecule is C=CC(C)CCC=C(C)COCC(F)(F)F. The van der Waals surface area contributed by atoms with Crippen LogP contribution in [0.5, 0.6) is 0 Å².